The fraction of sp³-hybridized carbons (Fsp3) is 0.941. The van der Waals surface area contributed by atoms with E-state index in [1.807, 2.05) is 0 Å². The first-order chi connectivity index (χ1) is 41.6. The van der Waals surface area contributed by atoms with Gasteiger partial charge in [-0.25, -0.2) is 9.13 Å². The van der Waals surface area contributed by atoms with Crippen molar-refractivity contribution in [3.8, 4) is 0 Å². The minimum Gasteiger partial charge on any atom is -0.462 e. The van der Waals surface area contributed by atoms with Gasteiger partial charge in [0.25, 0.3) is 0 Å². The molecular weight excluding hydrogens is 1150 g/mol. The molecule has 3 N–H and O–H groups in total. The number of unbranched alkanes of at least 4 members (excludes halogenated alkanes) is 31. The molecule has 0 aliphatic heterocycles. The summed E-state index contributed by atoms with van der Waals surface area (Å²) in [5, 5.41) is 10.6. The molecule has 0 saturated heterocycles. The van der Waals surface area contributed by atoms with Gasteiger partial charge in [0.15, 0.2) is 12.2 Å². The molecule has 0 fully saturated rings. The van der Waals surface area contributed by atoms with Crippen molar-refractivity contribution >= 4 is 39.5 Å². The number of phosphoric acid groups is 2. The largest absolute Gasteiger partial charge is 0.472 e. The molecule has 516 valence electrons. The lowest BCUT2D eigenvalue weighted by Crippen LogP contribution is -2.30. The van der Waals surface area contributed by atoms with Crippen LogP contribution in [0.3, 0.4) is 0 Å². The number of hydrogen-bond donors (Lipinski definition) is 3. The molecule has 0 spiro atoms. The van der Waals surface area contributed by atoms with E-state index < -0.39 is 97.5 Å². The number of aliphatic hydroxyl groups excluding tert-OH is 1. The quantitative estimate of drug-likeness (QED) is 0.0222. The minimum atomic E-state index is -4.95. The highest BCUT2D eigenvalue weighted by Crippen LogP contribution is 2.45. The molecule has 19 heteroatoms. The van der Waals surface area contributed by atoms with Crippen LogP contribution in [-0.2, 0) is 65.4 Å². The first kappa shape index (κ1) is 85.1. The first-order valence-electron chi connectivity index (χ1n) is 35.2. The summed E-state index contributed by atoms with van der Waals surface area (Å²) in [6.07, 6.45) is 39.1. The van der Waals surface area contributed by atoms with Gasteiger partial charge in [-0.3, -0.25) is 37.3 Å². The van der Waals surface area contributed by atoms with Crippen LogP contribution in [0.4, 0.5) is 0 Å². The van der Waals surface area contributed by atoms with Crippen LogP contribution in [0.2, 0.25) is 0 Å². The molecule has 0 saturated carbocycles. The van der Waals surface area contributed by atoms with E-state index >= 15 is 0 Å². The molecule has 0 aliphatic carbocycles. The van der Waals surface area contributed by atoms with Crippen LogP contribution in [0, 0.1) is 23.7 Å². The third kappa shape index (κ3) is 62.6. The summed E-state index contributed by atoms with van der Waals surface area (Å²) < 4.78 is 68.2. The Morgan fingerprint density at radius 3 is 0.713 bits per heavy atom. The molecule has 0 radical (unpaired) electrons. The number of carbonyl (C=O) groups is 4. The van der Waals surface area contributed by atoms with E-state index in [0.29, 0.717) is 31.6 Å². The van der Waals surface area contributed by atoms with Crippen molar-refractivity contribution < 1.29 is 80.2 Å². The van der Waals surface area contributed by atoms with E-state index in [0.717, 1.165) is 108 Å². The zero-order chi connectivity index (χ0) is 64.7. The molecule has 0 aromatic carbocycles. The summed E-state index contributed by atoms with van der Waals surface area (Å²) in [5.74, 6) is 0.795. The average Bonchev–Trinajstić information content (AvgIpc) is 3.57. The molecule has 17 nitrogen and oxygen atoms in total. The summed E-state index contributed by atoms with van der Waals surface area (Å²) in [7, 11) is -9.90. The Bertz CT molecular complexity index is 1730. The number of carbonyl (C=O) groups excluding carboxylic acids is 4. The Balaban J connectivity index is 5.25. The molecule has 3 unspecified atom stereocenters. The summed E-state index contributed by atoms with van der Waals surface area (Å²) >= 11 is 0. The highest BCUT2D eigenvalue weighted by Gasteiger charge is 2.30. The maximum absolute atomic E-state index is 13.0. The van der Waals surface area contributed by atoms with Crippen molar-refractivity contribution in [2.45, 2.75) is 350 Å². The van der Waals surface area contributed by atoms with Crippen LogP contribution < -0.4 is 0 Å². The Morgan fingerprint density at radius 2 is 0.483 bits per heavy atom. The highest BCUT2D eigenvalue weighted by atomic mass is 31.2. The van der Waals surface area contributed by atoms with Crippen LogP contribution in [-0.4, -0.2) is 96.7 Å². The molecule has 0 heterocycles. The van der Waals surface area contributed by atoms with Gasteiger partial charge in [-0.05, 0) is 49.4 Å². The number of ether oxygens (including phenoxy) is 4. The van der Waals surface area contributed by atoms with E-state index in [-0.39, 0.29) is 25.7 Å². The molecule has 0 aromatic rings. The SMILES string of the molecule is CC(C)CCCCCCCCCCCCCC(=O)OC[C@H](COP(=O)(O)OCC(O)COP(=O)(O)OC[C@@H](COC(=O)CCCCCCCCCCC(C)C)OC(=O)CCCCCCCCCC(C)C)OC(=O)CCCCCCCCCCCC(C)C. The molecule has 5 atom stereocenters. The van der Waals surface area contributed by atoms with Crippen molar-refractivity contribution in [1.82, 2.24) is 0 Å². The number of hydrogen-bond acceptors (Lipinski definition) is 15. The summed E-state index contributed by atoms with van der Waals surface area (Å²) in [6, 6.07) is 0. The second-order valence-electron chi connectivity index (χ2n) is 26.5. The Hall–Kier alpha value is -1.94. The zero-order valence-corrected chi connectivity index (χ0v) is 58.4. The van der Waals surface area contributed by atoms with Gasteiger partial charge in [0.2, 0.25) is 0 Å². The minimum absolute atomic E-state index is 0.102. The van der Waals surface area contributed by atoms with Gasteiger partial charge in [-0.2, -0.15) is 0 Å². The van der Waals surface area contributed by atoms with Crippen LogP contribution in [0.15, 0.2) is 0 Å². The normalized spacial score (nSPS) is 14.3. The second-order valence-corrected chi connectivity index (χ2v) is 29.4. The zero-order valence-electron chi connectivity index (χ0n) is 56.6. The molecule has 0 bridgehead atoms. The number of aliphatic hydroxyl groups is 1. The van der Waals surface area contributed by atoms with Crippen molar-refractivity contribution in [1.29, 1.82) is 0 Å². The molecule has 0 rings (SSSR count). The molecule has 0 amide bonds. The monoisotopic (exact) mass is 1280 g/mol. The number of esters is 4. The van der Waals surface area contributed by atoms with Crippen molar-refractivity contribution in [3.05, 3.63) is 0 Å². The standard InChI is InChI=1S/C68H132O17P2/c1-58(2)44-36-28-20-13-10-9-11-15-24-32-40-48-65(70)78-54-63(84-67(72)50-42-34-26-16-12-14-21-29-37-45-59(3)4)56-82-86(74,75)80-52-62(69)53-81-87(76,77)83-57-64(85-68(73)51-43-35-27-19-23-31-39-47-61(7)8)55-79-66(71)49-41-33-25-18-17-22-30-38-46-60(5)6/h58-64,69H,9-57H2,1-8H3,(H,74,75)(H,76,77)/t62?,63-,64-/m1/s1. The molecule has 87 heavy (non-hydrogen) atoms. The first-order valence-corrected chi connectivity index (χ1v) is 38.2. The van der Waals surface area contributed by atoms with Crippen LogP contribution in [0.1, 0.15) is 331 Å². The lowest BCUT2D eigenvalue weighted by atomic mass is 10.0. The fourth-order valence-electron chi connectivity index (χ4n) is 10.1. The topological polar surface area (TPSA) is 237 Å². The predicted molar refractivity (Wildman–Crippen MR) is 349 cm³/mol. The summed E-state index contributed by atoms with van der Waals surface area (Å²) in [4.78, 5) is 72.4. The van der Waals surface area contributed by atoms with Gasteiger partial charge in [0.05, 0.1) is 26.4 Å². The van der Waals surface area contributed by atoms with Gasteiger partial charge < -0.3 is 33.8 Å². The van der Waals surface area contributed by atoms with E-state index in [2.05, 4.69) is 55.4 Å². The Labute approximate surface area is 530 Å². The van der Waals surface area contributed by atoms with Gasteiger partial charge in [0, 0.05) is 25.7 Å². The van der Waals surface area contributed by atoms with Crippen molar-refractivity contribution in [2.75, 3.05) is 39.6 Å². The fourth-order valence-corrected chi connectivity index (χ4v) is 11.7. The van der Waals surface area contributed by atoms with Crippen molar-refractivity contribution in [3.63, 3.8) is 0 Å². The summed E-state index contributed by atoms with van der Waals surface area (Å²) in [6.45, 7) is 14.0. The van der Waals surface area contributed by atoms with E-state index in [4.69, 9.17) is 37.0 Å². The maximum Gasteiger partial charge on any atom is 0.472 e. The highest BCUT2D eigenvalue weighted by molar-refractivity contribution is 7.47. The average molecular weight is 1280 g/mol. The third-order valence-corrected chi connectivity index (χ3v) is 17.5. The maximum atomic E-state index is 13.0. The van der Waals surface area contributed by atoms with Crippen LogP contribution >= 0.6 is 15.6 Å². The summed E-state index contributed by atoms with van der Waals surface area (Å²) in [5.41, 5.74) is 0. The Kier molecular flexibility index (Phi) is 56.6. The van der Waals surface area contributed by atoms with Gasteiger partial charge in [-0.1, -0.05) is 280 Å². The van der Waals surface area contributed by atoms with Gasteiger partial charge >= 0.3 is 39.5 Å². The van der Waals surface area contributed by atoms with Gasteiger partial charge in [0.1, 0.15) is 19.3 Å². The van der Waals surface area contributed by atoms with E-state index in [1.54, 1.807) is 0 Å². The number of rotatable bonds is 65. The number of phosphoric ester groups is 2. The third-order valence-electron chi connectivity index (χ3n) is 15.6. The smallest absolute Gasteiger partial charge is 0.462 e. The van der Waals surface area contributed by atoms with Crippen LogP contribution in [0.25, 0.3) is 0 Å². The molecule has 0 aromatic heterocycles. The Morgan fingerprint density at radius 1 is 0.287 bits per heavy atom. The van der Waals surface area contributed by atoms with E-state index in [1.165, 1.54) is 135 Å². The lowest BCUT2D eigenvalue weighted by molar-refractivity contribution is -0.161. The van der Waals surface area contributed by atoms with Gasteiger partial charge in [-0.15, -0.1) is 0 Å². The predicted octanol–water partition coefficient (Wildman–Crippen LogP) is 18.9. The lowest BCUT2D eigenvalue weighted by Gasteiger charge is -2.21. The molecular formula is C68H132O17P2. The van der Waals surface area contributed by atoms with Crippen molar-refractivity contribution in [2.24, 2.45) is 23.7 Å². The second kappa shape index (κ2) is 57.9. The molecule has 0 aliphatic rings. The van der Waals surface area contributed by atoms with E-state index in [9.17, 15) is 43.2 Å². The van der Waals surface area contributed by atoms with Crippen LogP contribution in [0.5, 0.6) is 0 Å².